The number of pyridine rings is 1. The number of halogens is 1. The Morgan fingerprint density at radius 3 is 2.78 bits per heavy atom. The Kier molecular flexibility index (Phi) is 8.90. The molecule has 0 amide bonds. The number of hydrogen-bond donors (Lipinski definition) is 2. The lowest BCUT2D eigenvalue weighted by molar-refractivity contribution is 0.534. The molecule has 0 radical (unpaired) electrons. The summed E-state index contributed by atoms with van der Waals surface area (Å²) in [4.78, 5) is 4.24. The second kappa shape index (κ2) is 10.4. The fourth-order valence-corrected chi connectivity index (χ4v) is 2.28. The molecule has 2 rings (SSSR count). The SMILES string of the molecule is CN=C(NCCCCC(C)C)NCc1nnc2ccccn12.I. The highest BCUT2D eigenvalue weighted by Crippen LogP contribution is 2.05. The minimum absolute atomic E-state index is 0. The van der Waals surface area contributed by atoms with Gasteiger partial charge in [0.25, 0.3) is 0 Å². The van der Waals surface area contributed by atoms with Crippen LogP contribution in [0.25, 0.3) is 5.65 Å². The number of unbranched alkanes of at least 4 members (excludes halogenated alkanes) is 1. The van der Waals surface area contributed by atoms with E-state index in [0.717, 1.165) is 36.3 Å². The van der Waals surface area contributed by atoms with Crippen LogP contribution in [0, 0.1) is 5.92 Å². The summed E-state index contributed by atoms with van der Waals surface area (Å²) in [5, 5.41) is 15.0. The smallest absolute Gasteiger partial charge is 0.191 e. The van der Waals surface area contributed by atoms with Gasteiger partial charge in [-0.15, -0.1) is 34.2 Å². The zero-order valence-corrected chi connectivity index (χ0v) is 16.4. The molecule has 0 aliphatic carbocycles. The number of aliphatic imine (C=N–C) groups is 1. The van der Waals surface area contributed by atoms with Crippen LogP contribution in [0.4, 0.5) is 0 Å². The summed E-state index contributed by atoms with van der Waals surface area (Å²) < 4.78 is 1.98. The monoisotopic (exact) mass is 430 g/mol. The molecular weight excluding hydrogens is 403 g/mol. The summed E-state index contributed by atoms with van der Waals surface area (Å²) in [5.41, 5.74) is 0.857. The van der Waals surface area contributed by atoms with E-state index in [2.05, 4.69) is 39.7 Å². The predicted octanol–water partition coefficient (Wildman–Crippen LogP) is 2.84. The molecule has 0 atom stereocenters. The lowest BCUT2D eigenvalue weighted by atomic mass is 10.1. The number of rotatable bonds is 7. The maximum atomic E-state index is 4.24. The highest BCUT2D eigenvalue weighted by Gasteiger charge is 2.05. The second-order valence-electron chi connectivity index (χ2n) is 5.79. The van der Waals surface area contributed by atoms with Gasteiger partial charge in [0, 0.05) is 19.8 Å². The largest absolute Gasteiger partial charge is 0.356 e. The van der Waals surface area contributed by atoms with Crippen molar-refractivity contribution in [2.75, 3.05) is 13.6 Å². The molecule has 0 aliphatic rings. The molecule has 7 heteroatoms. The minimum Gasteiger partial charge on any atom is -0.356 e. The zero-order valence-electron chi connectivity index (χ0n) is 14.1. The number of guanidine groups is 1. The van der Waals surface area contributed by atoms with Crippen molar-refractivity contribution in [2.45, 2.75) is 39.7 Å². The van der Waals surface area contributed by atoms with Crippen LogP contribution in [0.3, 0.4) is 0 Å². The van der Waals surface area contributed by atoms with E-state index in [1.165, 1.54) is 12.8 Å². The van der Waals surface area contributed by atoms with E-state index in [-0.39, 0.29) is 24.0 Å². The second-order valence-corrected chi connectivity index (χ2v) is 5.79. The van der Waals surface area contributed by atoms with Crippen LogP contribution in [0.1, 0.15) is 38.9 Å². The van der Waals surface area contributed by atoms with Gasteiger partial charge in [-0.25, -0.2) is 0 Å². The van der Waals surface area contributed by atoms with E-state index in [1.54, 1.807) is 7.05 Å². The Balaban J connectivity index is 0.00000264. The molecule has 0 fully saturated rings. The molecule has 23 heavy (non-hydrogen) atoms. The van der Waals surface area contributed by atoms with E-state index in [1.807, 2.05) is 28.8 Å². The molecule has 2 aromatic heterocycles. The molecule has 6 nitrogen and oxygen atoms in total. The van der Waals surface area contributed by atoms with Crippen LogP contribution >= 0.6 is 24.0 Å². The van der Waals surface area contributed by atoms with Crippen molar-refractivity contribution in [3.8, 4) is 0 Å². The van der Waals surface area contributed by atoms with Gasteiger partial charge in [-0.05, 0) is 24.5 Å². The molecule has 2 heterocycles. The van der Waals surface area contributed by atoms with Crippen LogP contribution < -0.4 is 10.6 Å². The van der Waals surface area contributed by atoms with E-state index in [4.69, 9.17) is 0 Å². The van der Waals surface area contributed by atoms with E-state index in [0.29, 0.717) is 6.54 Å². The summed E-state index contributed by atoms with van der Waals surface area (Å²) in [6.07, 6.45) is 5.65. The van der Waals surface area contributed by atoms with Gasteiger partial charge in [-0.1, -0.05) is 32.8 Å². The average molecular weight is 430 g/mol. The molecule has 0 saturated carbocycles. The van der Waals surface area contributed by atoms with Crippen molar-refractivity contribution in [1.82, 2.24) is 25.2 Å². The molecule has 0 aromatic carbocycles. The average Bonchev–Trinajstić information content (AvgIpc) is 2.93. The molecule has 2 N–H and O–H groups in total. The summed E-state index contributed by atoms with van der Waals surface area (Å²) in [7, 11) is 1.78. The third kappa shape index (κ3) is 6.32. The van der Waals surface area contributed by atoms with Crippen molar-refractivity contribution in [2.24, 2.45) is 10.9 Å². The number of aromatic nitrogens is 3. The number of nitrogens with one attached hydrogen (secondary N) is 2. The molecular formula is C16H27IN6. The maximum Gasteiger partial charge on any atom is 0.191 e. The van der Waals surface area contributed by atoms with Crippen LogP contribution in [0.5, 0.6) is 0 Å². The quantitative estimate of drug-likeness (QED) is 0.307. The molecule has 0 aliphatic heterocycles. The number of nitrogens with zero attached hydrogens (tertiary/aromatic N) is 4. The van der Waals surface area contributed by atoms with Crippen molar-refractivity contribution < 1.29 is 0 Å². The molecule has 2 aromatic rings. The Labute approximate surface area is 155 Å². The standard InChI is InChI=1S/C16H26N6.HI/c1-13(2)8-4-6-10-18-16(17-3)19-12-15-21-20-14-9-5-7-11-22(14)15;/h5,7,9,11,13H,4,6,8,10,12H2,1-3H3,(H2,17,18,19);1H. The van der Waals surface area contributed by atoms with Gasteiger partial charge < -0.3 is 10.6 Å². The maximum absolute atomic E-state index is 4.24. The summed E-state index contributed by atoms with van der Waals surface area (Å²) >= 11 is 0. The Morgan fingerprint density at radius 1 is 1.22 bits per heavy atom. The van der Waals surface area contributed by atoms with E-state index < -0.39 is 0 Å². The molecule has 0 bridgehead atoms. The van der Waals surface area contributed by atoms with Crippen molar-refractivity contribution in [3.63, 3.8) is 0 Å². The summed E-state index contributed by atoms with van der Waals surface area (Å²) in [6, 6.07) is 5.87. The Hall–Kier alpha value is -1.38. The number of fused-ring (bicyclic) bond motifs is 1. The Morgan fingerprint density at radius 2 is 2.04 bits per heavy atom. The third-order valence-corrected chi connectivity index (χ3v) is 3.52. The van der Waals surface area contributed by atoms with E-state index >= 15 is 0 Å². The molecule has 0 saturated heterocycles. The fraction of sp³-hybridized carbons (Fsp3) is 0.562. The van der Waals surface area contributed by atoms with Crippen molar-refractivity contribution in [1.29, 1.82) is 0 Å². The van der Waals surface area contributed by atoms with Gasteiger partial charge in [0.1, 0.15) is 0 Å². The first-order chi connectivity index (χ1) is 10.7. The molecule has 0 spiro atoms. The Bertz CT molecular complexity index is 607. The topological polar surface area (TPSA) is 66.6 Å². The van der Waals surface area contributed by atoms with Crippen LogP contribution in [0.2, 0.25) is 0 Å². The molecule has 128 valence electrons. The van der Waals surface area contributed by atoms with Crippen molar-refractivity contribution in [3.05, 3.63) is 30.2 Å². The van der Waals surface area contributed by atoms with E-state index in [9.17, 15) is 0 Å². The van der Waals surface area contributed by atoms with Gasteiger partial charge >= 0.3 is 0 Å². The van der Waals surface area contributed by atoms with Crippen LogP contribution in [-0.4, -0.2) is 34.2 Å². The first kappa shape index (κ1) is 19.7. The van der Waals surface area contributed by atoms with Gasteiger partial charge in [0.15, 0.2) is 17.4 Å². The zero-order chi connectivity index (χ0) is 15.8. The third-order valence-electron chi connectivity index (χ3n) is 3.52. The predicted molar refractivity (Wildman–Crippen MR) is 105 cm³/mol. The van der Waals surface area contributed by atoms with Crippen LogP contribution in [-0.2, 0) is 6.54 Å². The minimum atomic E-state index is 0. The molecule has 0 unspecified atom stereocenters. The van der Waals surface area contributed by atoms with Gasteiger partial charge in [0.05, 0.1) is 6.54 Å². The lowest BCUT2D eigenvalue weighted by Gasteiger charge is -2.11. The summed E-state index contributed by atoms with van der Waals surface area (Å²) in [6.45, 7) is 6.05. The van der Waals surface area contributed by atoms with Gasteiger partial charge in [0.2, 0.25) is 0 Å². The number of hydrogen-bond acceptors (Lipinski definition) is 3. The highest BCUT2D eigenvalue weighted by molar-refractivity contribution is 14.0. The van der Waals surface area contributed by atoms with Crippen LogP contribution in [0.15, 0.2) is 29.4 Å². The highest BCUT2D eigenvalue weighted by atomic mass is 127. The fourth-order valence-electron chi connectivity index (χ4n) is 2.28. The first-order valence-corrected chi connectivity index (χ1v) is 7.94. The van der Waals surface area contributed by atoms with Crippen molar-refractivity contribution >= 4 is 35.6 Å². The normalized spacial score (nSPS) is 11.6. The first-order valence-electron chi connectivity index (χ1n) is 7.94. The van der Waals surface area contributed by atoms with Gasteiger partial charge in [-0.2, -0.15) is 0 Å². The summed E-state index contributed by atoms with van der Waals surface area (Å²) in [5.74, 6) is 2.45. The van der Waals surface area contributed by atoms with Gasteiger partial charge in [-0.3, -0.25) is 9.39 Å². The lowest BCUT2D eigenvalue weighted by Crippen LogP contribution is -2.37.